The van der Waals surface area contributed by atoms with E-state index in [0.717, 1.165) is 12.3 Å². The van der Waals surface area contributed by atoms with Crippen LogP contribution in [0, 0.1) is 13.8 Å². The Labute approximate surface area is 126 Å². The largest absolute Gasteiger partial charge is 0.309 e. The summed E-state index contributed by atoms with van der Waals surface area (Å²) in [7, 11) is 0. The number of hydrogen-bond donors (Lipinski definition) is 1. The Bertz CT molecular complexity index is 536. The van der Waals surface area contributed by atoms with Crippen LogP contribution in [0.5, 0.6) is 0 Å². The number of thioether (sulfide) groups is 1. The van der Waals surface area contributed by atoms with Crippen LogP contribution in [0.1, 0.15) is 29.7 Å². The molecular formula is C18H23NS. The van der Waals surface area contributed by atoms with Crippen molar-refractivity contribution in [3.05, 3.63) is 65.2 Å². The van der Waals surface area contributed by atoms with E-state index in [-0.39, 0.29) is 0 Å². The van der Waals surface area contributed by atoms with Gasteiger partial charge in [-0.15, -0.1) is 11.8 Å². The van der Waals surface area contributed by atoms with E-state index in [0.29, 0.717) is 6.04 Å². The number of nitrogens with one attached hydrogen (secondary N) is 1. The van der Waals surface area contributed by atoms with Gasteiger partial charge in [-0.3, -0.25) is 0 Å². The van der Waals surface area contributed by atoms with Crippen molar-refractivity contribution in [1.29, 1.82) is 0 Å². The lowest BCUT2D eigenvalue weighted by molar-refractivity contribution is 0.601. The third-order valence-electron chi connectivity index (χ3n) is 3.60. The first-order valence-electron chi connectivity index (χ1n) is 7.15. The summed E-state index contributed by atoms with van der Waals surface area (Å²) in [5.41, 5.74) is 4.10. The Morgan fingerprint density at radius 1 is 1.00 bits per heavy atom. The van der Waals surface area contributed by atoms with Gasteiger partial charge in [0.15, 0.2) is 0 Å². The van der Waals surface area contributed by atoms with Crippen molar-refractivity contribution < 1.29 is 0 Å². The minimum absolute atomic E-state index is 0.408. The van der Waals surface area contributed by atoms with Gasteiger partial charge >= 0.3 is 0 Å². The van der Waals surface area contributed by atoms with Crippen molar-refractivity contribution in [3.63, 3.8) is 0 Å². The van der Waals surface area contributed by atoms with Gasteiger partial charge in [-0.05, 0) is 49.6 Å². The molecule has 0 fully saturated rings. The lowest BCUT2D eigenvalue weighted by Crippen LogP contribution is -2.21. The molecular weight excluding hydrogens is 262 g/mol. The molecule has 0 saturated heterocycles. The third-order valence-corrected chi connectivity index (χ3v) is 4.61. The second-order valence-electron chi connectivity index (χ2n) is 5.18. The maximum Gasteiger partial charge on any atom is 0.0292 e. The van der Waals surface area contributed by atoms with Crippen LogP contribution in [-0.2, 0) is 0 Å². The van der Waals surface area contributed by atoms with Crippen molar-refractivity contribution in [2.45, 2.75) is 31.7 Å². The minimum atomic E-state index is 0.408. The second-order valence-corrected chi connectivity index (χ2v) is 6.35. The zero-order chi connectivity index (χ0) is 14.4. The van der Waals surface area contributed by atoms with E-state index >= 15 is 0 Å². The van der Waals surface area contributed by atoms with Gasteiger partial charge in [-0.25, -0.2) is 0 Å². The van der Waals surface area contributed by atoms with Gasteiger partial charge in [-0.1, -0.05) is 36.4 Å². The van der Waals surface area contributed by atoms with E-state index in [1.807, 2.05) is 11.8 Å². The average molecular weight is 285 g/mol. The Kier molecular flexibility index (Phi) is 5.69. The molecule has 1 N–H and O–H groups in total. The summed E-state index contributed by atoms with van der Waals surface area (Å²) in [6, 6.07) is 17.7. The molecule has 0 aliphatic heterocycles. The Morgan fingerprint density at radius 3 is 2.45 bits per heavy atom. The van der Waals surface area contributed by atoms with Gasteiger partial charge in [-0.2, -0.15) is 0 Å². The van der Waals surface area contributed by atoms with Crippen LogP contribution >= 0.6 is 11.8 Å². The first kappa shape index (κ1) is 15.1. The molecule has 0 amide bonds. The van der Waals surface area contributed by atoms with E-state index in [1.54, 1.807) is 0 Å². The smallest absolute Gasteiger partial charge is 0.0292 e. The molecule has 0 spiro atoms. The van der Waals surface area contributed by atoms with Crippen LogP contribution in [0.3, 0.4) is 0 Å². The topological polar surface area (TPSA) is 12.0 Å². The maximum atomic E-state index is 3.59. The fourth-order valence-electron chi connectivity index (χ4n) is 2.11. The lowest BCUT2D eigenvalue weighted by atomic mass is 10.0. The number of benzene rings is 2. The quantitative estimate of drug-likeness (QED) is 0.607. The predicted octanol–water partition coefficient (Wildman–Crippen LogP) is 4.75. The molecule has 0 radical (unpaired) electrons. The van der Waals surface area contributed by atoms with Crippen LogP contribution in [-0.4, -0.2) is 12.3 Å². The van der Waals surface area contributed by atoms with Crippen molar-refractivity contribution in [3.8, 4) is 0 Å². The summed E-state index contributed by atoms with van der Waals surface area (Å²) < 4.78 is 0. The van der Waals surface area contributed by atoms with E-state index in [1.165, 1.54) is 21.6 Å². The summed E-state index contributed by atoms with van der Waals surface area (Å²) in [5, 5.41) is 3.59. The molecule has 0 bridgehead atoms. The molecule has 2 heteroatoms. The van der Waals surface area contributed by atoms with Crippen LogP contribution in [0.25, 0.3) is 0 Å². The molecule has 1 nitrogen and oxygen atoms in total. The molecule has 0 aliphatic rings. The van der Waals surface area contributed by atoms with Crippen molar-refractivity contribution in [2.75, 3.05) is 12.3 Å². The number of aryl methyl sites for hydroxylation is 2. The molecule has 1 unspecified atom stereocenters. The normalized spacial score (nSPS) is 12.3. The summed E-state index contributed by atoms with van der Waals surface area (Å²) in [6.45, 7) is 7.59. The summed E-state index contributed by atoms with van der Waals surface area (Å²) in [5.74, 6) is 1.10. The van der Waals surface area contributed by atoms with Gasteiger partial charge in [0.25, 0.3) is 0 Å². The van der Waals surface area contributed by atoms with Crippen LogP contribution in [0.2, 0.25) is 0 Å². The SMILES string of the molecule is Cc1ccc(C(C)NCCSc2ccccc2)cc1C. The molecule has 1 atom stereocenters. The molecule has 20 heavy (non-hydrogen) atoms. The van der Waals surface area contributed by atoms with Gasteiger partial charge in [0.1, 0.15) is 0 Å². The fourth-order valence-corrected chi connectivity index (χ4v) is 2.92. The van der Waals surface area contributed by atoms with Crippen LogP contribution < -0.4 is 5.32 Å². The zero-order valence-corrected chi connectivity index (χ0v) is 13.3. The number of hydrogen-bond acceptors (Lipinski definition) is 2. The highest BCUT2D eigenvalue weighted by Gasteiger charge is 2.05. The van der Waals surface area contributed by atoms with Gasteiger partial charge < -0.3 is 5.32 Å². The summed E-state index contributed by atoms with van der Waals surface area (Å²) >= 11 is 1.90. The van der Waals surface area contributed by atoms with Gasteiger partial charge in [0.05, 0.1) is 0 Å². The summed E-state index contributed by atoms with van der Waals surface area (Å²) in [6.07, 6.45) is 0. The molecule has 2 rings (SSSR count). The zero-order valence-electron chi connectivity index (χ0n) is 12.5. The molecule has 106 valence electrons. The van der Waals surface area contributed by atoms with E-state index in [2.05, 4.69) is 74.6 Å². The van der Waals surface area contributed by atoms with Crippen LogP contribution in [0.4, 0.5) is 0 Å². The van der Waals surface area contributed by atoms with Crippen LogP contribution in [0.15, 0.2) is 53.4 Å². The highest BCUT2D eigenvalue weighted by molar-refractivity contribution is 7.99. The van der Waals surface area contributed by atoms with Crippen molar-refractivity contribution >= 4 is 11.8 Å². The van der Waals surface area contributed by atoms with Gasteiger partial charge in [0, 0.05) is 23.2 Å². The lowest BCUT2D eigenvalue weighted by Gasteiger charge is -2.15. The third kappa shape index (κ3) is 4.39. The molecule has 2 aromatic carbocycles. The molecule has 0 heterocycles. The molecule has 0 saturated carbocycles. The van der Waals surface area contributed by atoms with Gasteiger partial charge in [0.2, 0.25) is 0 Å². The Hall–Kier alpha value is -1.25. The number of rotatable bonds is 6. The van der Waals surface area contributed by atoms with Crippen molar-refractivity contribution in [2.24, 2.45) is 0 Å². The standard InChI is InChI=1S/C18H23NS/c1-14-9-10-17(13-15(14)2)16(3)19-11-12-20-18-7-5-4-6-8-18/h4-10,13,16,19H,11-12H2,1-3H3. The minimum Gasteiger partial charge on any atom is -0.309 e. The first-order chi connectivity index (χ1) is 9.66. The monoisotopic (exact) mass is 285 g/mol. The molecule has 0 aromatic heterocycles. The van der Waals surface area contributed by atoms with E-state index in [9.17, 15) is 0 Å². The summed E-state index contributed by atoms with van der Waals surface area (Å²) in [4.78, 5) is 1.34. The van der Waals surface area contributed by atoms with E-state index in [4.69, 9.17) is 0 Å². The van der Waals surface area contributed by atoms with Crippen molar-refractivity contribution in [1.82, 2.24) is 5.32 Å². The van der Waals surface area contributed by atoms with E-state index < -0.39 is 0 Å². The highest BCUT2D eigenvalue weighted by Crippen LogP contribution is 2.18. The Morgan fingerprint density at radius 2 is 1.75 bits per heavy atom. The highest BCUT2D eigenvalue weighted by atomic mass is 32.2. The Balaban J connectivity index is 1.77. The maximum absolute atomic E-state index is 3.59. The molecule has 2 aromatic rings. The average Bonchev–Trinajstić information content (AvgIpc) is 2.47. The first-order valence-corrected chi connectivity index (χ1v) is 8.14. The second kappa shape index (κ2) is 7.51. The molecule has 0 aliphatic carbocycles. The fraction of sp³-hybridized carbons (Fsp3) is 0.333. The predicted molar refractivity (Wildman–Crippen MR) is 89.5 cm³/mol.